The molecule has 0 aliphatic rings. The van der Waals surface area contributed by atoms with Crippen LogP contribution in [0.3, 0.4) is 0 Å². The SMILES string of the molecule is O=C(COC(=O)COc1ccccc1)Nc1ccccc1Sc1ccccc1. The van der Waals surface area contributed by atoms with Crippen LogP contribution in [0.25, 0.3) is 0 Å². The van der Waals surface area contributed by atoms with Gasteiger partial charge >= 0.3 is 5.97 Å². The van der Waals surface area contributed by atoms with Crippen LogP contribution in [0.5, 0.6) is 5.75 Å². The van der Waals surface area contributed by atoms with Crippen LogP contribution in [0.2, 0.25) is 0 Å². The summed E-state index contributed by atoms with van der Waals surface area (Å²) < 4.78 is 10.3. The number of anilines is 1. The van der Waals surface area contributed by atoms with Crippen LogP contribution in [0.1, 0.15) is 0 Å². The van der Waals surface area contributed by atoms with Crippen LogP contribution >= 0.6 is 11.8 Å². The summed E-state index contributed by atoms with van der Waals surface area (Å²) in [5.74, 6) is -0.448. The fraction of sp³-hybridized carbons (Fsp3) is 0.0909. The first kappa shape index (κ1) is 19.5. The molecule has 0 saturated heterocycles. The van der Waals surface area contributed by atoms with Crippen molar-refractivity contribution in [3.8, 4) is 5.75 Å². The lowest BCUT2D eigenvalue weighted by Gasteiger charge is -2.11. The molecule has 0 atom stereocenters. The summed E-state index contributed by atoms with van der Waals surface area (Å²) in [4.78, 5) is 25.9. The van der Waals surface area contributed by atoms with Gasteiger partial charge in [0.15, 0.2) is 13.2 Å². The summed E-state index contributed by atoms with van der Waals surface area (Å²) in [5.41, 5.74) is 0.665. The maximum Gasteiger partial charge on any atom is 0.344 e. The number of amides is 1. The largest absolute Gasteiger partial charge is 0.482 e. The minimum absolute atomic E-state index is 0.252. The molecule has 0 fully saturated rings. The maximum absolute atomic E-state index is 12.2. The van der Waals surface area contributed by atoms with Gasteiger partial charge in [0.2, 0.25) is 0 Å². The van der Waals surface area contributed by atoms with Crippen LogP contribution in [0.15, 0.2) is 94.7 Å². The highest BCUT2D eigenvalue weighted by atomic mass is 32.2. The number of carbonyl (C=O) groups excluding carboxylic acids is 2. The normalized spacial score (nSPS) is 10.1. The van der Waals surface area contributed by atoms with Crippen molar-refractivity contribution in [2.45, 2.75) is 9.79 Å². The zero-order chi connectivity index (χ0) is 19.6. The number of para-hydroxylation sites is 2. The van der Waals surface area contributed by atoms with Crippen molar-refractivity contribution in [3.05, 3.63) is 84.9 Å². The molecule has 0 aromatic heterocycles. The van der Waals surface area contributed by atoms with Crippen LogP contribution in [0.4, 0.5) is 5.69 Å². The van der Waals surface area contributed by atoms with E-state index in [4.69, 9.17) is 9.47 Å². The molecule has 28 heavy (non-hydrogen) atoms. The second-order valence-electron chi connectivity index (χ2n) is 5.72. The minimum atomic E-state index is -0.606. The Kier molecular flexibility index (Phi) is 7.09. The molecule has 0 aliphatic carbocycles. The molecule has 6 heteroatoms. The van der Waals surface area contributed by atoms with Crippen LogP contribution in [-0.2, 0) is 14.3 Å². The number of carbonyl (C=O) groups is 2. The average Bonchev–Trinajstić information content (AvgIpc) is 2.74. The van der Waals surface area contributed by atoms with Crippen LogP contribution in [0, 0.1) is 0 Å². The summed E-state index contributed by atoms with van der Waals surface area (Å²) in [6.07, 6.45) is 0. The van der Waals surface area contributed by atoms with Gasteiger partial charge in [0, 0.05) is 9.79 Å². The Bertz CT molecular complexity index is 916. The Morgan fingerprint density at radius 1 is 0.786 bits per heavy atom. The minimum Gasteiger partial charge on any atom is -0.482 e. The highest BCUT2D eigenvalue weighted by molar-refractivity contribution is 7.99. The predicted octanol–water partition coefficient (Wildman–Crippen LogP) is 4.40. The molecule has 0 heterocycles. The Morgan fingerprint density at radius 3 is 2.18 bits per heavy atom. The molecule has 1 N–H and O–H groups in total. The standard InChI is InChI=1S/C22H19NO4S/c24-21(15-27-22(25)16-26-17-9-3-1-4-10-17)23-19-13-7-8-14-20(19)28-18-11-5-2-6-12-18/h1-14H,15-16H2,(H,23,24). The number of hydrogen-bond acceptors (Lipinski definition) is 5. The third-order valence-electron chi connectivity index (χ3n) is 3.60. The molecule has 3 aromatic carbocycles. The van der Waals surface area contributed by atoms with E-state index in [1.807, 2.05) is 60.7 Å². The molecule has 0 saturated carbocycles. The molecule has 3 rings (SSSR count). The number of hydrogen-bond donors (Lipinski definition) is 1. The van der Waals surface area contributed by atoms with Gasteiger partial charge in [-0.3, -0.25) is 4.79 Å². The van der Waals surface area contributed by atoms with E-state index in [-0.39, 0.29) is 13.2 Å². The van der Waals surface area contributed by atoms with Crippen molar-refractivity contribution in [1.29, 1.82) is 0 Å². The molecule has 0 bridgehead atoms. The van der Waals surface area contributed by atoms with E-state index < -0.39 is 11.9 Å². The van der Waals surface area contributed by atoms with Gasteiger partial charge < -0.3 is 14.8 Å². The smallest absolute Gasteiger partial charge is 0.344 e. The lowest BCUT2D eigenvalue weighted by molar-refractivity contribution is -0.149. The Morgan fingerprint density at radius 2 is 1.43 bits per heavy atom. The maximum atomic E-state index is 12.2. The molecular formula is C22H19NO4S. The quantitative estimate of drug-likeness (QED) is 0.575. The summed E-state index contributed by atoms with van der Waals surface area (Å²) in [5, 5.41) is 2.78. The van der Waals surface area contributed by atoms with Crippen LogP contribution < -0.4 is 10.1 Å². The lowest BCUT2D eigenvalue weighted by Crippen LogP contribution is -2.23. The molecule has 0 unspecified atom stereocenters. The zero-order valence-corrected chi connectivity index (χ0v) is 15.9. The fourth-order valence-electron chi connectivity index (χ4n) is 2.31. The van der Waals surface area contributed by atoms with Crippen molar-refractivity contribution >= 4 is 29.3 Å². The van der Waals surface area contributed by atoms with Crippen molar-refractivity contribution in [1.82, 2.24) is 0 Å². The topological polar surface area (TPSA) is 64.6 Å². The summed E-state index contributed by atoms with van der Waals surface area (Å²) >= 11 is 1.54. The summed E-state index contributed by atoms with van der Waals surface area (Å²) in [7, 11) is 0. The van der Waals surface area contributed by atoms with E-state index in [1.165, 1.54) is 0 Å². The predicted molar refractivity (Wildman–Crippen MR) is 109 cm³/mol. The fourth-order valence-corrected chi connectivity index (χ4v) is 3.23. The van der Waals surface area contributed by atoms with Gasteiger partial charge in [-0.15, -0.1) is 0 Å². The summed E-state index contributed by atoms with van der Waals surface area (Å²) in [6, 6.07) is 26.3. The molecule has 142 valence electrons. The van der Waals surface area contributed by atoms with E-state index in [2.05, 4.69) is 5.32 Å². The molecule has 0 spiro atoms. The number of ether oxygens (including phenoxy) is 2. The number of rotatable bonds is 8. The number of esters is 1. The number of nitrogens with one attached hydrogen (secondary N) is 1. The Labute approximate surface area is 167 Å². The highest BCUT2D eigenvalue weighted by Crippen LogP contribution is 2.33. The van der Waals surface area contributed by atoms with Gasteiger partial charge in [-0.25, -0.2) is 4.79 Å². The zero-order valence-electron chi connectivity index (χ0n) is 15.0. The molecular weight excluding hydrogens is 374 g/mol. The number of benzene rings is 3. The first-order valence-corrected chi connectivity index (χ1v) is 9.47. The molecule has 0 radical (unpaired) electrons. The van der Waals surface area contributed by atoms with Crippen molar-refractivity contribution in [2.75, 3.05) is 18.5 Å². The second kappa shape index (κ2) is 10.2. The third-order valence-corrected chi connectivity index (χ3v) is 4.68. The molecule has 1 amide bonds. The highest BCUT2D eigenvalue weighted by Gasteiger charge is 2.11. The van der Waals surface area contributed by atoms with E-state index in [0.717, 1.165) is 9.79 Å². The van der Waals surface area contributed by atoms with E-state index in [9.17, 15) is 9.59 Å². The van der Waals surface area contributed by atoms with Crippen molar-refractivity contribution < 1.29 is 19.1 Å². The first-order chi connectivity index (χ1) is 13.7. The van der Waals surface area contributed by atoms with Crippen molar-refractivity contribution in [3.63, 3.8) is 0 Å². The van der Waals surface area contributed by atoms with E-state index in [1.54, 1.807) is 36.0 Å². The van der Waals surface area contributed by atoms with Crippen LogP contribution in [-0.4, -0.2) is 25.1 Å². The average molecular weight is 393 g/mol. The molecule has 3 aromatic rings. The van der Waals surface area contributed by atoms with Gasteiger partial charge in [0.05, 0.1) is 5.69 Å². The van der Waals surface area contributed by atoms with Crippen molar-refractivity contribution in [2.24, 2.45) is 0 Å². The summed E-state index contributed by atoms with van der Waals surface area (Å²) in [6.45, 7) is -0.626. The van der Waals surface area contributed by atoms with Gasteiger partial charge in [0.1, 0.15) is 5.75 Å². The molecule has 0 aliphatic heterocycles. The van der Waals surface area contributed by atoms with E-state index in [0.29, 0.717) is 11.4 Å². The first-order valence-electron chi connectivity index (χ1n) is 8.66. The second-order valence-corrected chi connectivity index (χ2v) is 6.84. The molecule has 5 nitrogen and oxygen atoms in total. The van der Waals surface area contributed by atoms with Gasteiger partial charge in [-0.05, 0) is 36.4 Å². The van der Waals surface area contributed by atoms with Gasteiger partial charge in [-0.1, -0.05) is 60.3 Å². The van der Waals surface area contributed by atoms with Gasteiger partial charge in [0.25, 0.3) is 5.91 Å². The Balaban J connectivity index is 1.49. The Hall–Kier alpha value is -3.25. The van der Waals surface area contributed by atoms with Gasteiger partial charge in [-0.2, -0.15) is 0 Å². The lowest BCUT2D eigenvalue weighted by atomic mass is 10.3. The van der Waals surface area contributed by atoms with E-state index >= 15 is 0 Å². The monoisotopic (exact) mass is 393 g/mol. The third kappa shape index (κ3) is 6.17.